The number of nitrogens with zero attached hydrogens (tertiary/aromatic N) is 1. The van der Waals surface area contributed by atoms with Gasteiger partial charge in [-0.2, -0.15) is 0 Å². The zero-order chi connectivity index (χ0) is 11.7. The molecule has 16 heavy (non-hydrogen) atoms. The van der Waals surface area contributed by atoms with Crippen LogP contribution in [-0.4, -0.2) is 4.98 Å². The summed E-state index contributed by atoms with van der Waals surface area (Å²) < 4.78 is 6.35. The maximum atomic E-state index is 5.91. The van der Waals surface area contributed by atoms with E-state index >= 15 is 0 Å². The van der Waals surface area contributed by atoms with E-state index < -0.39 is 0 Å². The van der Waals surface area contributed by atoms with Crippen molar-refractivity contribution in [1.82, 2.24) is 4.98 Å². The number of aromatic nitrogens is 1. The molecule has 1 heterocycles. The molecular formula is C11H10BrClN2O. The molecule has 0 saturated carbocycles. The smallest absolute Gasteiger partial charge is 0.211 e. The van der Waals surface area contributed by atoms with Gasteiger partial charge in [-0.1, -0.05) is 11.6 Å². The molecule has 1 atom stereocenters. The molecule has 0 aliphatic heterocycles. The fraction of sp³-hybridized carbons (Fsp3) is 0.182. The average molecular weight is 302 g/mol. The molecule has 0 aliphatic rings. The van der Waals surface area contributed by atoms with Crippen molar-refractivity contribution in [2.75, 3.05) is 0 Å². The second-order valence-electron chi connectivity index (χ2n) is 3.48. The quantitative estimate of drug-likeness (QED) is 0.918. The number of nitrogens with two attached hydrogens (primary N) is 1. The molecule has 1 aromatic heterocycles. The van der Waals surface area contributed by atoms with Crippen LogP contribution in [0.5, 0.6) is 0 Å². The molecule has 84 valence electrons. The summed E-state index contributed by atoms with van der Waals surface area (Å²) in [7, 11) is 0. The van der Waals surface area contributed by atoms with Crippen molar-refractivity contribution in [3.8, 4) is 11.3 Å². The summed E-state index contributed by atoms with van der Waals surface area (Å²) >= 11 is 9.27. The predicted octanol–water partition coefficient (Wildman–Crippen LogP) is 3.78. The van der Waals surface area contributed by atoms with Crippen molar-refractivity contribution in [2.24, 2.45) is 5.73 Å². The number of oxazole rings is 1. The summed E-state index contributed by atoms with van der Waals surface area (Å²) in [5.74, 6) is 1.21. The van der Waals surface area contributed by atoms with Crippen LogP contribution in [0.25, 0.3) is 11.3 Å². The molecule has 0 fully saturated rings. The van der Waals surface area contributed by atoms with E-state index in [1.165, 1.54) is 0 Å². The summed E-state index contributed by atoms with van der Waals surface area (Å²) in [5.41, 5.74) is 6.59. The third-order valence-electron chi connectivity index (χ3n) is 2.12. The first-order valence-electron chi connectivity index (χ1n) is 4.74. The molecular weight excluding hydrogens is 291 g/mol. The summed E-state index contributed by atoms with van der Waals surface area (Å²) in [6.07, 6.45) is 1.66. The van der Waals surface area contributed by atoms with Crippen LogP contribution in [0.15, 0.2) is 33.3 Å². The number of hydrogen-bond donors (Lipinski definition) is 1. The predicted molar refractivity (Wildman–Crippen MR) is 67.3 cm³/mol. The van der Waals surface area contributed by atoms with Crippen molar-refractivity contribution >= 4 is 27.5 Å². The molecule has 0 amide bonds. The Morgan fingerprint density at radius 1 is 1.50 bits per heavy atom. The minimum absolute atomic E-state index is 0.204. The first-order valence-corrected chi connectivity index (χ1v) is 5.92. The van der Waals surface area contributed by atoms with E-state index in [2.05, 4.69) is 20.9 Å². The van der Waals surface area contributed by atoms with E-state index in [0.717, 1.165) is 10.0 Å². The van der Waals surface area contributed by atoms with Gasteiger partial charge < -0.3 is 10.2 Å². The zero-order valence-corrected chi connectivity index (χ0v) is 10.9. The van der Waals surface area contributed by atoms with E-state index in [1.807, 2.05) is 19.1 Å². The van der Waals surface area contributed by atoms with E-state index in [9.17, 15) is 0 Å². The maximum Gasteiger partial charge on any atom is 0.211 e. The molecule has 0 aliphatic carbocycles. The fourth-order valence-corrected chi connectivity index (χ4v) is 1.78. The van der Waals surface area contributed by atoms with Gasteiger partial charge in [-0.25, -0.2) is 4.98 Å². The van der Waals surface area contributed by atoms with Crippen molar-refractivity contribution < 1.29 is 4.42 Å². The highest BCUT2D eigenvalue weighted by atomic mass is 79.9. The highest BCUT2D eigenvalue weighted by Gasteiger charge is 2.10. The lowest BCUT2D eigenvalue weighted by Gasteiger charge is -2.00. The number of hydrogen-bond acceptors (Lipinski definition) is 3. The fourth-order valence-electron chi connectivity index (χ4n) is 1.28. The lowest BCUT2D eigenvalue weighted by Crippen LogP contribution is -2.04. The van der Waals surface area contributed by atoms with Crippen LogP contribution in [0.4, 0.5) is 0 Å². The first-order chi connectivity index (χ1) is 7.58. The maximum absolute atomic E-state index is 5.91. The van der Waals surface area contributed by atoms with Gasteiger partial charge in [0.2, 0.25) is 5.89 Å². The van der Waals surface area contributed by atoms with Crippen molar-refractivity contribution in [3.63, 3.8) is 0 Å². The third-order valence-corrected chi connectivity index (χ3v) is 3.33. The van der Waals surface area contributed by atoms with Crippen molar-refractivity contribution in [3.05, 3.63) is 39.8 Å². The van der Waals surface area contributed by atoms with Crippen LogP contribution in [0.1, 0.15) is 18.9 Å². The molecule has 2 aromatic rings. The van der Waals surface area contributed by atoms with Crippen LogP contribution >= 0.6 is 27.5 Å². The highest BCUT2D eigenvalue weighted by Crippen LogP contribution is 2.29. The molecule has 0 saturated heterocycles. The van der Waals surface area contributed by atoms with Crippen LogP contribution in [0, 0.1) is 0 Å². The Bertz CT molecular complexity index is 510. The highest BCUT2D eigenvalue weighted by molar-refractivity contribution is 9.10. The van der Waals surface area contributed by atoms with E-state index in [-0.39, 0.29) is 6.04 Å². The van der Waals surface area contributed by atoms with Gasteiger partial charge in [-0.15, -0.1) is 0 Å². The SMILES string of the molecule is CC(N)c1ncc(-c2ccc(Cl)c(Br)c2)o1. The van der Waals surface area contributed by atoms with Gasteiger partial charge in [0.05, 0.1) is 17.3 Å². The third kappa shape index (κ3) is 2.29. The van der Waals surface area contributed by atoms with Gasteiger partial charge >= 0.3 is 0 Å². The zero-order valence-electron chi connectivity index (χ0n) is 8.58. The van der Waals surface area contributed by atoms with Gasteiger partial charge in [0, 0.05) is 10.0 Å². The summed E-state index contributed by atoms with van der Waals surface area (Å²) in [5, 5.41) is 0.663. The minimum atomic E-state index is -0.204. The Labute approximate surface area is 107 Å². The van der Waals surface area contributed by atoms with Gasteiger partial charge in [-0.05, 0) is 41.1 Å². The Hall–Kier alpha value is -0.840. The summed E-state index contributed by atoms with van der Waals surface area (Å²) in [6.45, 7) is 1.83. The number of halogens is 2. The van der Waals surface area contributed by atoms with Crippen LogP contribution < -0.4 is 5.73 Å². The molecule has 0 spiro atoms. The van der Waals surface area contributed by atoms with Crippen LogP contribution in [0.3, 0.4) is 0 Å². The molecule has 1 aromatic carbocycles. The molecule has 0 radical (unpaired) electrons. The molecule has 5 heteroatoms. The minimum Gasteiger partial charge on any atom is -0.439 e. The standard InChI is InChI=1S/C11H10BrClN2O/c1-6(14)11-15-5-10(16-11)7-2-3-9(13)8(12)4-7/h2-6H,14H2,1H3. The number of benzene rings is 1. The molecule has 2 rings (SSSR count). The summed E-state index contributed by atoms with van der Waals surface area (Å²) in [4.78, 5) is 4.10. The van der Waals surface area contributed by atoms with Crippen LogP contribution in [0.2, 0.25) is 5.02 Å². The van der Waals surface area contributed by atoms with Gasteiger partial charge in [0.1, 0.15) is 0 Å². The number of rotatable bonds is 2. The Kier molecular flexibility index (Phi) is 3.33. The second kappa shape index (κ2) is 4.57. The first kappa shape index (κ1) is 11.6. The van der Waals surface area contributed by atoms with Gasteiger partial charge in [0.25, 0.3) is 0 Å². The van der Waals surface area contributed by atoms with Gasteiger partial charge in [0.15, 0.2) is 5.76 Å². The van der Waals surface area contributed by atoms with E-state index in [4.69, 9.17) is 21.8 Å². The van der Waals surface area contributed by atoms with E-state index in [1.54, 1.807) is 12.3 Å². The largest absolute Gasteiger partial charge is 0.439 e. The van der Waals surface area contributed by atoms with Crippen LogP contribution in [-0.2, 0) is 0 Å². The normalized spacial score (nSPS) is 12.8. The Balaban J connectivity index is 2.39. The monoisotopic (exact) mass is 300 g/mol. The molecule has 1 unspecified atom stereocenters. The second-order valence-corrected chi connectivity index (χ2v) is 4.74. The molecule has 3 nitrogen and oxygen atoms in total. The summed E-state index contributed by atoms with van der Waals surface area (Å²) in [6, 6.07) is 5.35. The lowest BCUT2D eigenvalue weighted by atomic mass is 10.2. The Morgan fingerprint density at radius 2 is 2.25 bits per heavy atom. The molecule has 2 N–H and O–H groups in total. The topological polar surface area (TPSA) is 52.0 Å². The van der Waals surface area contributed by atoms with E-state index in [0.29, 0.717) is 16.7 Å². The molecule has 0 bridgehead atoms. The van der Waals surface area contributed by atoms with Gasteiger partial charge in [-0.3, -0.25) is 0 Å². The average Bonchev–Trinajstić information content (AvgIpc) is 2.71. The lowest BCUT2D eigenvalue weighted by molar-refractivity contribution is 0.473. The Morgan fingerprint density at radius 3 is 2.81 bits per heavy atom. The van der Waals surface area contributed by atoms with Crippen molar-refractivity contribution in [1.29, 1.82) is 0 Å². The van der Waals surface area contributed by atoms with Crippen molar-refractivity contribution in [2.45, 2.75) is 13.0 Å².